The molecule has 0 unspecified atom stereocenters. The van der Waals surface area contributed by atoms with E-state index in [1.165, 1.54) is 36.9 Å². The predicted molar refractivity (Wildman–Crippen MR) is 233 cm³/mol. The lowest BCUT2D eigenvalue weighted by atomic mass is 9.95. The van der Waals surface area contributed by atoms with Crippen molar-refractivity contribution in [2.24, 2.45) is 0 Å². The fourth-order valence-electron chi connectivity index (χ4n) is 7.86. The van der Waals surface area contributed by atoms with Gasteiger partial charge < -0.3 is 4.42 Å². The summed E-state index contributed by atoms with van der Waals surface area (Å²) < 4.78 is 8.69. The van der Waals surface area contributed by atoms with Crippen molar-refractivity contribution in [3.63, 3.8) is 0 Å². The highest BCUT2D eigenvalue weighted by Gasteiger charge is 2.19. The van der Waals surface area contributed by atoms with E-state index >= 15 is 0 Å². The van der Waals surface area contributed by atoms with E-state index in [1.54, 1.807) is 11.3 Å². The Hall–Kier alpha value is -7.21. The molecule has 0 saturated heterocycles. The van der Waals surface area contributed by atoms with Gasteiger partial charge in [-0.15, -0.1) is 11.3 Å². The van der Waals surface area contributed by atoms with Gasteiger partial charge in [0.2, 0.25) is 0 Å². The highest BCUT2D eigenvalue weighted by molar-refractivity contribution is 7.26. The molecule has 0 aliphatic carbocycles. The Balaban J connectivity index is 1.06. The van der Waals surface area contributed by atoms with Crippen LogP contribution in [0.5, 0.6) is 0 Å². The van der Waals surface area contributed by atoms with E-state index in [0.717, 1.165) is 55.3 Å². The minimum Gasteiger partial charge on any atom is -0.456 e. The molecule has 262 valence electrons. The van der Waals surface area contributed by atoms with Crippen LogP contribution < -0.4 is 0 Å². The molecule has 0 atom stereocenters. The predicted octanol–water partition coefficient (Wildman–Crippen LogP) is 14.1. The molecule has 11 rings (SSSR count). The van der Waals surface area contributed by atoms with Crippen molar-refractivity contribution in [3.8, 4) is 67.5 Å². The lowest BCUT2D eigenvalue weighted by Crippen LogP contribution is -2.00. The smallest absolute Gasteiger partial charge is 0.164 e. The standard InChI is InChI=1S/C51H31N3OS/c1-3-12-32(13-4-1)34-24-26-35(27-25-34)49-52-50(37-17-9-16-36(30-37)33-14-5-2-6-15-33)54-51(53-49)38-28-29-42-46(31-38)56-45-23-11-20-40(48(42)45)39-19-10-22-44-47(39)41-18-7-8-21-43(41)55-44/h1-31H. The molecule has 11 aromatic rings. The lowest BCUT2D eigenvalue weighted by Gasteiger charge is -2.10. The zero-order chi connectivity index (χ0) is 37.0. The van der Waals surface area contributed by atoms with Crippen LogP contribution in [0.1, 0.15) is 0 Å². The SMILES string of the molecule is c1ccc(-c2ccc(-c3nc(-c4cccc(-c5ccccc5)c4)nc(-c4ccc5c(c4)sc4cccc(-c6cccc7oc8ccccc8c67)c45)n3)cc2)cc1. The summed E-state index contributed by atoms with van der Waals surface area (Å²) in [5.41, 5.74) is 11.5. The topological polar surface area (TPSA) is 51.8 Å². The molecule has 3 heterocycles. The zero-order valence-corrected chi connectivity index (χ0v) is 30.9. The average Bonchev–Trinajstić information content (AvgIpc) is 3.85. The molecule has 56 heavy (non-hydrogen) atoms. The maximum Gasteiger partial charge on any atom is 0.164 e. The van der Waals surface area contributed by atoms with Crippen LogP contribution in [0.4, 0.5) is 0 Å². The van der Waals surface area contributed by atoms with E-state index < -0.39 is 0 Å². The molecule has 0 amide bonds. The molecule has 0 N–H and O–H groups in total. The van der Waals surface area contributed by atoms with Gasteiger partial charge >= 0.3 is 0 Å². The fraction of sp³-hybridized carbons (Fsp3) is 0. The van der Waals surface area contributed by atoms with Gasteiger partial charge in [0.15, 0.2) is 17.5 Å². The number of para-hydroxylation sites is 1. The maximum atomic E-state index is 6.28. The van der Waals surface area contributed by atoms with Crippen molar-refractivity contribution in [2.75, 3.05) is 0 Å². The first-order valence-electron chi connectivity index (χ1n) is 18.7. The lowest BCUT2D eigenvalue weighted by molar-refractivity contribution is 0.669. The minimum atomic E-state index is 0.633. The molecular weight excluding hydrogens is 703 g/mol. The Kier molecular flexibility index (Phi) is 7.64. The number of benzene rings is 8. The van der Waals surface area contributed by atoms with E-state index in [2.05, 4.69) is 164 Å². The quantitative estimate of drug-likeness (QED) is 0.171. The molecule has 4 nitrogen and oxygen atoms in total. The molecule has 0 aliphatic rings. The first-order chi connectivity index (χ1) is 27.7. The number of thiophene rings is 1. The number of fused-ring (bicyclic) bond motifs is 6. The van der Waals surface area contributed by atoms with Gasteiger partial charge in [0.1, 0.15) is 11.2 Å². The zero-order valence-electron chi connectivity index (χ0n) is 30.1. The molecule has 5 heteroatoms. The van der Waals surface area contributed by atoms with Gasteiger partial charge in [-0.2, -0.15) is 0 Å². The Morgan fingerprint density at radius 1 is 0.321 bits per heavy atom. The van der Waals surface area contributed by atoms with Crippen LogP contribution in [0.3, 0.4) is 0 Å². The van der Waals surface area contributed by atoms with Crippen LogP contribution in [0.2, 0.25) is 0 Å². The summed E-state index contributed by atoms with van der Waals surface area (Å²) in [7, 11) is 0. The van der Waals surface area contributed by atoms with Gasteiger partial charge in [0.05, 0.1) is 0 Å². The number of aromatic nitrogens is 3. The summed E-state index contributed by atoms with van der Waals surface area (Å²) in [5, 5.41) is 4.72. The summed E-state index contributed by atoms with van der Waals surface area (Å²) in [6.45, 7) is 0. The van der Waals surface area contributed by atoms with E-state index in [0.29, 0.717) is 17.5 Å². The molecule has 0 saturated carbocycles. The second-order valence-corrected chi connectivity index (χ2v) is 15.0. The second-order valence-electron chi connectivity index (χ2n) is 14.0. The molecule has 0 spiro atoms. The molecule has 0 bridgehead atoms. The molecule has 0 radical (unpaired) electrons. The minimum absolute atomic E-state index is 0.633. The van der Waals surface area contributed by atoms with Gasteiger partial charge in [-0.25, -0.2) is 15.0 Å². The van der Waals surface area contributed by atoms with Gasteiger partial charge in [-0.1, -0.05) is 158 Å². The Morgan fingerprint density at radius 3 is 1.61 bits per heavy atom. The van der Waals surface area contributed by atoms with E-state index in [4.69, 9.17) is 19.4 Å². The van der Waals surface area contributed by atoms with Gasteiger partial charge in [-0.3, -0.25) is 0 Å². The van der Waals surface area contributed by atoms with Crippen molar-refractivity contribution >= 4 is 53.4 Å². The Labute approximate surface area is 327 Å². The number of hydrogen-bond donors (Lipinski definition) is 0. The molecule has 0 aliphatic heterocycles. The number of nitrogens with zero attached hydrogens (tertiary/aromatic N) is 3. The van der Waals surface area contributed by atoms with Gasteiger partial charge in [0.25, 0.3) is 0 Å². The molecular formula is C51H31N3OS. The van der Waals surface area contributed by atoms with Crippen molar-refractivity contribution in [3.05, 3.63) is 188 Å². The average molecular weight is 734 g/mol. The fourth-order valence-corrected chi connectivity index (χ4v) is 9.03. The number of furan rings is 1. The summed E-state index contributed by atoms with van der Waals surface area (Å²) in [6.07, 6.45) is 0. The molecule has 8 aromatic carbocycles. The third-order valence-corrected chi connectivity index (χ3v) is 11.7. The van der Waals surface area contributed by atoms with Gasteiger partial charge in [-0.05, 0) is 63.7 Å². The van der Waals surface area contributed by atoms with Crippen molar-refractivity contribution in [1.82, 2.24) is 15.0 Å². The molecule has 0 fully saturated rings. The first kappa shape index (κ1) is 32.2. The monoisotopic (exact) mass is 733 g/mol. The van der Waals surface area contributed by atoms with Crippen molar-refractivity contribution in [1.29, 1.82) is 0 Å². The van der Waals surface area contributed by atoms with E-state index in [9.17, 15) is 0 Å². The third kappa shape index (κ3) is 5.56. The molecule has 3 aromatic heterocycles. The Morgan fingerprint density at radius 2 is 0.839 bits per heavy atom. The van der Waals surface area contributed by atoms with Gasteiger partial charge in [0, 0.05) is 47.6 Å². The summed E-state index contributed by atoms with van der Waals surface area (Å²) in [6, 6.07) is 65.6. The summed E-state index contributed by atoms with van der Waals surface area (Å²) in [5.74, 6) is 1.90. The van der Waals surface area contributed by atoms with Crippen LogP contribution in [-0.4, -0.2) is 15.0 Å². The highest BCUT2D eigenvalue weighted by atomic mass is 32.1. The largest absolute Gasteiger partial charge is 0.456 e. The van der Waals surface area contributed by atoms with Crippen molar-refractivity contribution < 1.29 is 4.42 Å². The van der Waals surface area contributed by atoms with Crippen LogP contribution in [0.25, 0.3) is 110 Å². The normalized spacial score (nSPS) is 11.6. The first-order valence-corrected chi connectivity index (χ1v) is 19.5. The maximum absolute atomic E-state index is 6.28. The van der Waals surface area contributed by atoms with Crippen LogP contribution >= 0.6 is 11.3 Å². The highest BCUT2D eigenvalue weighted by Crippen LogP contribution is 2.44. The number of hydrogen-bond acceptors (Lipinski definition) is 5. The summed E-state index contributed by atoms with van der Waals surface area (Å²) >= 11 is 1.80. The van der Waals surface area contributed by atoms with Crippen LogP contribution in [0.15, 0.2) is 192 Å². The van der Waals surface area contributed by atoms with Crippen LogP contribution in [0, 0.1) is 0 Å². The summed E-state index contributed by atoms with van der Waals surface area (Å²) in [4.78, 5) is 15.4. The van der Waals surface area contributed by atoms with Crippen molar-refractivity contribution in [2.45, 2.75) is 0 Å². The van der Waals surface area contributed by atoms with E-state index in [-0.39, 0.29) is 0 Å². The second kappa shape index (κ2) is 13.3. The Bertz CT molecular complexity index is 3240. The third-order valence-electron chi connectivity index (χ3n) is 10.6. The van der Waals surface area contributed by atoms with E-state index in [1.807, 2.05) is 24.3 Å². The number of rotatable bonds is 6. The van der Waals surface area contributed by atoms with Crippen LogP contribution in [-0.2, 0) is 0 Å².